The van der Waals surface area contributed by atoms with E-state index in [0.29, 0.717) is 5.75 Å². The summed E-state index contributed by atoms with van der Waals surface area (Å²) >= 11 is 1.84. The summed E-state index contributed by atoms with van der Waals surface area (Å²) in [7, 11) is 0. The Morgan fingerprint density at radius 3 is 2.54 bits per heavy atom. The number of phenols is 1. The Morgan fingerprint density at radius 2 is 1.67 bits per heavy atom. The molecular weight excluding hydrogens is 492 g/mol. The van der Waals surface area contributed by atoms with Gasteiger partial charge < -0.3 is 5.11 Å². The molecule has 1 aromatic heterocycles. The largest absolute Gasteiger partial charge is 0.507 e. The van der Waals surface area contributed by atoms with Gasteiger partial charge in [0.1, 0.15) is 5.75 Å². The van der Waals surface area contributed by atoms with Crippen LogP contribution in [0.4, 0.5) is 0 Å². The Balaban J connectivity index is 1.50. The predicted octanol–water partition coefficient (Wildman–Crippen LogP) is 9.47. The number of phenolic OH excluding ortho intramolecular Hbond substituents is 1. The molecule has 0 saturated carbocycles. The number of fused-ring (bicyclic) bond motifs is 6. The quantitative estimate of drug-likeness (QED) is 0.248. The van der Waals surface area contributed by atoms with E-state index >= 15 is 0 Å². The minimum Gasteiger partial charge on any atom is -0.507 e. The molecule has 0 saturated heterocycles. The van der Waals surface area contributed by atoms with Crippen LogP contribution in [0.2, 0.25) is 0 Å². The summed E-state index contributed by atoms with van der Waals surface area (Å²) in [6.07, 6.45) is 9.78. The second kappa shape index (κ2) is 8.46. The molecule has 2 unspecified atom stereocenters. The van der Waals surface area contributed by atoms with Crippen molar-refractivity contribution in [1.29, 1.82) is 0 Å². The summed E-state index contributed by atoms with van der Waals surface area (Å²) in [5.74, 6) is 0.476. The van der Waals surface area contributed by atoms with Gasteiger partial charge in [0.2, 0.25) is 0 Å². The molecule has 1 N–H and O–H groups in total. The molecule has 5 aromatic carbocycles. The first-order valence-electron chi connectivity index (χ1n) is 13.4. The third-order valence-electron chi connectivity index (χ3n) is 8.50. The zero-order chi connectivity index (χ0) is 26.0. The van der Waals surface area contributed by atoms with Gasteiger partial charge in [-0.2, -0.15) is 0 Å². The fraction of sp³-hybridized carbons (Fsp3) is 0.0811. The third-order valence-corrected chi connectivity index (χ3v) is 9.65. The number of rotatable bonds is 3. The van der Waals surface area contributed by atoms with Crippen molar-refractivity contribution in [2.24, 2.45) is 5.92 Å². The standard InChI is InChI=1S/C37H24OS/c38-32-21-20-27(24-19-22-34-30(23-24)28-15-8-10-18-33(28)39-34)36-35(32)29-16-7-9-17-31(29)37(36,25-11-3-1-4-12-25)26-13-5-2-6-14-26/h1-5,7-11,13,15-23,25,38H,12H2. The van der Waals surface area contributed by atoms with Crippen molar-refractivity contribution < 1.29 is 5.11 Å². The fourth-order valence-electron chi connectivity index (χ4n) is 6.94. The van der Waals surface area contributed by atoms with E-state index in [0.717, 1.165) is 39.8 Å². The molecular formula is C37H24OS. The van der Waals surface area contributed by atoms with Gasteiger partial charge in [-0.05, 0) is 76.6 Å². The topological polar surface area (TPSA) is 20.2 Å². The Bertz CT molecular complexity index is 1960. The SMILES string of the molecule is Oc1ccc(-c2ccc3sc4ccccc4c3c2)c2c1-c1ccccc1C2(c1c#cccc1)C1C=CC=CC1. The van der Waals surface area contributed by atoms with Gasteiger partial charge in [-0.1, -0.05) is 97.1 Å². The van der Waals surface area contributed by atoms with Crippen LogP contribution in [0.15, 0.2) is 121 Å². The van der Waals surface area contributed by atoms with E-state index in [1.54, 1.807) is 0 Å². The van der Waals surface area contributed by atoms with E-state index in [9.17, 15) is 5.11 Å². The van der Waals surface area contributed by atoms with Crippen molar-refractivity contribution in [3.8, 4) is 28.0 Å². The number of thiophene rings is 1. The average molecular weight is 517 g/mol. The first kappa shape index (κ1) is 22.4. The van der Waals surface area contributed by atoms with Gasteiger partial charge in [0.15, 0.2) is 0 Å². The van der Waals surface area contributed by atoms with Crippen LogP contribution < -0.4 is 0 Å². The van der Waals surface area contributed by atoms with Crippen LogP contribution in [0.1, 0.15) is 23.1 Å². The molecule has 184 valence electrons. The first-order valence-corrected chi connectivity index (χ1v) is 14.2. The highest BCUT2D eigenvalue weighted by Crippen LogP contribution is 2.62. The predicted molar refractivity (Wildman–Crippen MR) is 162 cm³/mol. The van der Waals surface area contributed by atoms with Crippen molar-refractivity contribution in [3.63, 3.8) is 0 Å². The molecule has 6 aromatic rings. The normalized spacial score (nSPS) is 19.2. The summed E-state index contributed by atoms with van der Waals surface area (Å²) < 4.78 is 2.59. The molecule has 0 spiro atoms. The number of aromatic hydroxyl groups is 1. The van der Waals surface area contributed by atoms with E-state index in [1.807, 2.05) is 23.5 Å². The van der Waals surface area contributed by atoms with Crippen LogP contribution in [0.5, 0.6) is 5.75 Å². The van der Waals surface area contributed by atoms with Crippen LogP contribution in [0.3, 0.4) is 0 Å². The van der Waals surface area contributed by atoms with Crippen LogP contribution in [-0.2, 0) is 5.41 Å². The van der Waals surface area contributed by atoms with Crippen LogP contribution >= 0.6 is 11.3 Å². The molecule has 2 aliphatic rings. The van der Waals surface area contributed by atoms with E-state index in [1.165, 1.54) is 25.7 Å². The summed E-state index contributed by atoms with van der Waals surface area (Å²) in [4.78, 5) is 0. The van der Waals surface area contributed by atoms with E-state index in [-0.39, 0.29) is 5.92 Å². The first-order chi connectivity index (χ1) is 19.3. The van der Waals surface area contributed by atoms with E-state index in [2.05, 4.69) is 121 Å². The second-order valence-corrected chi connectivity index (χ2v) is 11.5. The monoisotopic (exact) mass is 516 g/mol. The highest BCUT2D eigenvalue weighted by molar-refractivity contribution is 7.25. The molecule has 0 radical (unpaired) electrons. The van der Waals surface area contributed by atoms with Crippen molar-refractivity contribution >= 4 is 31.5 Å². The van der Waals surface area contributed by atoms with Crippen molar-refractivity contribution in [3.05, 3.63) is 150 Å². The Hall–Kier alpha value is -4.58. The van der Waals surface area contributed by atoms with Crippen molar-refractivity contribution in [2.45, 2.75) is 11.8 Å². The molecule has 2 aliphatic carbocycles. The van der Waals surface area contributed by atoms with Gasteiger partial charge in [-0.15, -0.1) is 11.3 Å². The lowest BCUT2D eigenvalue weighted by atomic mass is 9.61. The number of hydrogen-bond acceptors (Lipinski definition) is 2. The maximum atomic E-state index is 11.5. The minimum absolute atomic E-state index is 0.156. The fourth-order valence-corrected chi connectivity index (χ4v) is 8.02. The molecule has 8 rings (SSSR count). The van der Waals surface area contributed by atoms with E-state index < -0.39 is 5.41 Å². The smallest absolute Gasteiger partial charge is 0.123 e. The Labute approximate surface area is 232 Å². The Morgan fingerprint density at radius 1 is 0.795 bits per heavy atom. The lowest BCUT2D eigenvalue weighted by Gasteiger charge is -2.39. The number of hydrogen-bond donors (Lipinski definition) is 1. The van der Waals surface area contributed by atoms with Gasteiger partial charge in [0.25, 0.3) is 0 Å². The molecule has 0 bridgehead atoms. The van der Waals surface area contributed by atoms with Gasteiger partial charge >= 0.3 is 0 Å². The summed E-state index contributed by atoms with van der Waals surface area (Å²) in [6, 6.07) is 41.0. The molecule has 0 amide bonds. The number of benzene rings is 4. The minimum atomic E-state index is -0.523. The lowest BCUT2D eigenvalue weighted by molar-refractivity contribution is 0.453. The maximum Gasteiger partial charge on any atom is 0.123 e. The highest BCUT2D eigenvalue weighted by Gasteiger charge is 2.51. The lowest BCUT2D eigenvalue weighted by Crippen LogP contribution is -2.36. The van der Waals surface area contributed by atoms with Gasteiger partial charge in [-0.3, -0.25) is 0 Å². The molecule has 2 heteroatoms. The van der Waals surface area contributed by atoms with Crippen LogP contribution in [-0.4, -0.2) is 5.11 Å². The summed E-state index contributed by atoms with van der Waals surface area (Å²) in [5.41, 5.74) is 7.26. The van der Waals surface area contributed by atoms with Crippen molar-refractivity contribution in [2.75, 3.05) is 0 Å². The summed E-state index contributed by atoms with van der Waals surface area (Å²) in [6.45, 7) is 0. The van der Waals surface area contributed by atoms with Crippen LogP contribution in [0, 0.1) is 18.1 Å². The van der Waals surface area contributed by atoms with Gasteiger partial charge in [0.05, 0.1) is 5.41 Å². The van der Waals surface area contributed by atoms with Crippen molar-refractivity contribution in [1.82, 2.24) is 0 Å². The molecule has 1 heterocycles. The van der Waals surface area contributed by atoms with Gasteiger partial charge in [0, 0.05) is 31.3 Å². The molecule has 39 heavy (non-hydrogen) atoms. The molecule has 0 aliphatic heterocycles. The zero-order valence-electron chi connectivity index (χ0n) is 21.2. The van der Waals surface area contributed by atoms with Crippen LogP contribution in [0.25, 0.3) is 42.4 Å². The number of allylic oxidation sites excluding steroid dienone is 4. The maximum absolute atomic E-state index is 11.5. The average Bonchev–Trinajstić information content (AvgIpc) is 3.53. The van der Waals surface area contributed by atoms with E-state index in [4.69, 9.17) is 0 Å². The zero-order valence-corrected chi connectivity index (χ0v) is 22.0. The molecule has 2 atom stereocenters. The summed E-state index contributed by atoms with van der Waals surface area (Å²) in [5, 5.41) is 14.0. The Kier molecular flexibility index (Phi) is 4.86. The third kappa shape index (κ3) is 3.08. The second-order valence-electron chi connectivity index (χ2n) is 10.4. The molecule has 0 fully saturated rings. The van der Waals surface area contributed by atoms with Gasteiger partial charge in [-0.25, -0.2) is 0 Å². The highest BCUT2D eigenvalue weighted by atomic mass is 32.1. The molecule has 1 nitrogen and oxygen atoms in total.